The molecule has 0 amide bonds. The van der Waals surface area contributed by atoms with E-state index in [2.05, 4.69) is 19.2 Å². The number of nitrogens with one attached hydrogen (secondary N) is 1. The second-order valence-electron chi connectivity index (χ2n) is 5.95. The van der Waals surface area contributed by atoms with Crippen molar-refractivity contribution in [2.75, 3.05) is 0 Å². The van der Waals surface area contributed by atoms with Gasteiger partial charge in [-0.25, -0.2) is 0 Å². The third-order valence-corrected chi connectivity index (χ3v) is 3.91. The summed E-state index contributed by atoms with van der Waals surface area (Å²) < 4.78 is 0. The second kappa shape index (κ2) is 5.09. The summed E-state index contributed by atoms with van der Waals surface area (Å²) in [4.78, 5) is 0. The molecule has 94 valence electrons. The topological polar surface area (TPSA) is 32.3 Å². The van der Waals surface area contributed by atoms with Crippen LogP contribution in [0.4, 0.5) is 0 Å². The van der Waals surface area contributed by atoms with Crippen LogP contribution >= 0.6 is 0 Å². The first-order chi connectivity index (χ1) is 8.07. The van der Waals surface area contributed by atoms with Gasteiger partial charge in [-0.3, -0.25) is 0 Å². The van der Waals surface area contributed by atoms with Gasteiger partial charge < -0.3 is 10.4 Å². The molecule has 0 aliphatic heterocycles. The molecule has 1 saturated carbocycles. The minimum absolute atomic E-state index is 0.399. The fourth-order valence-electron chi connectivity index (χ4n) is 2.52. The summed E-state index contributed by atoms with van der Waals surface area (Å²) in [6.07, 6.45) is 5.10. The van der Waals surface area contributed by atoms with E-state index >= 15 is 0 Å². The van der Waals surface area contributed by atoms with E-state index in [0.717, 1.165) is 12.1 Å². The maximum absolute atomic E-state index is 9.68. The Morgan fingerprint density at radius 1 is 1.24 bits per heavy atom. The molecule has 1 aliphatic rings. The summed E-state index contributed by atoms with van der Waals surface area (Å²) >= 11 is 0. The lowest BCUT2D eigenvalue weighted by Gasteiger charge is -2.34. The number of aromatic hydroxyl groups is 1. The van der Waals surface area contributed by atoms with Crippen molar-refractivity contribution < 1.29 is 5.11 Å². The van der Waals surface area contributed by atoms with Crippen molar-refractivity contribution in [1.29, 1.82) is 0 Å². The number of rotatable bonds is 3. The molecule has 0 unspecified atom stereocenters. The van der Waals surface area contributed by atoms with Crippen LogP contribution < -0.4 is 5.32 Å². The van der Waals surface area contributed by atoms with E-state index in [9.17, 15) is 5.11 Å². The highest BCUT2D eigenvalue weighted by molar-refractivity contribution is 5.31. The number of benzene rings is 1. The first-order valence-electron chi connectivity index (χ1n) is 6.57. The smallest absolute Gasteiger partial charge is 0.120 e. The number of hydrogen-bond acceptors (Lipinski definition) is 2. The van der Waals surface area contributed by atoms with Crippen molar-refractivity contribution in [3.63, 3.8) is 0 Å². The van der Waals surface area contributed by atoms with E-state index < -0.39 is 0 Å². The fourth-order valence-corrected chi connectivity index (χ4v) is 2.52. The zero-order valence-corrected chi connectivity index (χ0v) is 10.9. The van der Waals surface area contributed by atoms with Crippen LogP contribution in [0.5, 0.6) is 5.75 Å². The highest BCUT2D eigenvalue weighted by Crippen LogP contribution is 2.35. The monoisotopic (exact) mass is 233 g/mol. The molecule has 0 heterocycles. The third-order valence-electron chi connectivity index (χ3n) is 3.91. The quantitative estimate of drug-likeness (QED) is 0.838. The van der Waals surface area contributed by atoms with Gasteiger partial charge in [0.2, 0.25) is 0 Å². The molecule has 2 N–H and O–H groups in total. The van der Waals surface area contributed by atoms with Gasteiger partial charge in [0.15, 0.2) is 0 Å². The SMILES string of the molecule is CC1(C)CCC(NCc2ccccc2O)CC1. The lowest BCUT2D eigenvalue weighted by atomic mass is 9.75. The van der Waals surface area contributed by atoms with E-state index in [-0.39, 0.29) is 0 Å². The van der Waals surface area contributed by atoms with E-state index in [4.69, 9.17) is 0 Å². The summed E-state index contributed by atoms with van der Waals surface area (Å²) in [7, 11) is 0. The molecule has 1 aliphatic carbocycles. The number of phenols is 1. The Hall–Kier alpha value is -1.02. The predicted octanol–water partition coefficient (Wildman–Crippen LogP) is 3.45. The lowest BCUT2D eigenvalue weighted by Crippen LogP contribution is -2.35. The number of hydrogen-bond donors (Lipinski definition) is 2. The number of phenolic OH excluding ortho intramolecular Hbond substituents is 1. The Morgan fingerprint density at radius 2 is 1.88 bits per heavy atom. The molecule has 2 rings (SSSR count). The lowest BCUT2D eigenvalue weighted by molar-refractivity contribution is 0.205. The van der Waals surface area contributed by atoms with Gasteiger partial charge in [0.1, 0.15) is 5.75 Å². The summed E-state index contributed by atoms with van der Waals surface area (Å²) in [6.45, 7) is 5.48. The molecule has 0 atom stereocenters. The normalized spacial score (nSPS) is 20.4. The van der Waals surface area contributed by atoms with Crippen LogP contribution in [0.15, 0.2) is 24.3 Å². The highest BCUT2D eigenvalue weighted by atomic mass is 16.3. The van der Waals surface area contributed by atoms with Gasteiger partial charge in [-0.2, -0.15) is 0 Å². The Morgan fingerprint density at radius 3 is 2.53 bits per heavy atom. The van der Waals surface area contributed by atoms with E-state index in [1.165, 1.54) is 25.7 Å². The van der Waals surface area contributed by atoms with Gasteiger partial charge in [0.25, 0.3) is 0 Å². The first-order valence-corrected chi connectivity index (χ1v) is 6.57. The molecule has 1 aromatic carbocycles. The van der Waals surface area contributed by atoms with Crippen LogP contribution in [-0.4, -0.2) is 11.1 Å². The molecular formula is C15H23NO. The Bertz CT molecular complexity index is 363. The van der Waals surface area contributed by atoms with Gasteiger partial charge in [0.05, 0.1) is 0 Å². The van der Waals surface area contributed by atoms with Crippen molar-refractivity contribution in [2.45, 2.75) is 52.1 Å². The van der Waals surface area contributed by atoms with Crippen LogP contribution in [0.3, 0.4) is 0 Å². The van der Waals surface area contributed by atoms with Gasteiger partial charge >= 0.3 is 0 Å². The standard InChI is InChI=1S/C15H23NO/c1-15(2)9-7-13(8-10-15)16-11-12-5-3-4-6-14(12)17/h3-6,13,16-17H,7-11H2,1-2H3. The second-order valence-corrected chi connectivity index (χ2v) is 5.95. The zero-order chi connectivity index (χ0) is 12.3. The molecular weight excluding hydrogens is 210 g/mol. The molecule has 17 heavy (non-hydrogen) atoms. The largest absolute Gasteiger partial charge is 0.508 e. The molecule has 2 nitrogen and oxygen atoms in total. The summed E-state index contributed by atoms with van der Waals surface area (Å²) in [6, 6.07) is 8.18. The zero-order valence-electron chi connectivity index (χ0n) is 10.9. The molecule has 0 radical (unpaired) electrons. The van der Waals surface area contributed by atoms with Crippen LogP contribution in [-0.2, 0) is 6.54 Å². The van der Waals surface area contributed by atoms with Crippen LogP contribution in [0.2, 0.25) is 0 Å². The first kappa shape index (κ1) is 12.4. The highest BCUT2D eigenvalue weighted by Gasteiger charge is 2.26. The van der Waals surface area contributed by atoms with Crippen LogP contribution in [0.1, 0.15) is 45.1 Å². The maximum Gasteiger partial charge on any atom is 0.120 e. The molecule has 1 fully saturated rings. The fraction of sp³-hybridized carbons (Fsp3) is 0.600. The van der Waals surface area contributed by atoms with Crippen LogP contribution in [0.25, 0.3) is 0 Å². The minimum Gasteiger partial charge on any atom is -0.508 e. The van der Waals surface area contributed by atoms with Gasteiger partial charge in [-0.15, -0.1) is 0 Å². The average Bonchev–Trinajstić information content (AvgIpc) is 2.30. The maximum atomic E-state index is 9.68. The minimum atomic E-state index is 0.399. The van der Waals surface area contributed by atoms with Crippen molar-refractivity contribution in [1.82, 2.24) is 5.32 Å². The summed E-state index contributed by atoms with van der Waals surface area (Å²) in [5, 5.41) is 13.2. The van der Waals surface area contributed by atoms with E-state index in [1.54, 1.807) is 6.07 Å². The third kappa shape index (κ3) is 3.47. The molecule has 2 heteroatoms. The molecule has 0 saturated heterocycles. The Labute approximate surface area is 104 Å². The van der Waals surface area contributed by atoms with Gasteiger partial charge in [-0.1, -0.05) is 32.0 Å². The van der Waals surface area contributed by atoms with Gasteiger partial charge in [-0.05, 0) is 37.2 Å². The van der Waals surface area contributed by atoms with Crippen molar-refractivity contribution >= 4 is 0 Å². The van der Waals surface area contributed by atoms with Crippen molar-refractivity contribution in [2.24, 2.45) is 5.41 Å². The van der Waals surface area contributed by atoms with Crippen LogP contribution in [0, 0.1) is 5.41 Å². The number of para-hydroxylation sites is 1. The Kier molecular flexibility index (Phi) is 3.72. The van der Waals surface area contributed by atoms with Crippen molar-refractivity contribution in [3.8, 4) is 5.75 Å². The summed E-state index contributed by atoms with van der Waals surface area (Å²) in [5.74, 6) is 0.399. The molecule has 0 bridgehead atoms. The molecule has 0 spiro atoms. The molecule has 1 aromatic rings. The van der Waals surface area contributed by atoms with Crippen molar-refractivity contribution in [3.05, 3.63) is 29.8 Å². The molecule has 0 aromatic heterocycles. The van der Waals surface area contributed by atoms with Gasteiger partial charge in [0, 0.05) is 18.2 Å². The average molecular weight is 233 g/mol. The van der Waals surface area contributed by atoms with E-state index in [1.807, 2.05) is 18.2 Å². The van der Waals surface area contributed by atoms with E-state index in [0.29, 0.717) is 17.2 Å². The summed E-state index contributed by atoms with van der Waals surface area (Å²) in [5.41, 5.74) is 1.52. The predicted molar refractivity (Wildman–Crippen MR) is 71.0 cm³/mol. The Balaban J connectivity index is 1.82.